The summed E-state index contributed by atoms with van der Waals surface area (Å²) < 4.78 is 11.7. The minimum absolute atomic E-state index is 0.0546. The van der Waals surface area contributed by atoms with Gasteiger partial charge in [0.25, 0.3) is 11.8 Å². The number of nitrogens with zero attached hydrogens (tertiary/aromatic N) is 1. The van der Waals surface area contributed by atoms with Gasteiger partial charge in [-0.1, -0.05) is 55.2 Å². The molecular formula is C27H30N2O5. The van der Waals surface area contributed by atoms with E-state index in [9.17, 15) is 14.4 Å². The highest BCUT2D eigenvalue weighted by Crippen LogP contribution is 2.31. The Balaban J connectivity index is 1.56. The molecule has 7 nitrogen and oxygen atoms in total. The second-order valence-electron chi connectivity index (χ2n) is 8.70. The maximum absolute atomic E-state index is 13.1. The lowest BCUT2D eigenvalue weighted by Crippen LogP contribution is -2.58. The summed E-state index contributed by atoms with van der Waals surface area (Å²) in [6.45, 7) is 4.73. The Morgan fingerprint density at radius 1 is 1.00 bits per heavy atom. The SMILES string of the molecule is CCOc1cc(C=C2C(=O)NC(=O)N(C3CCCCC3)C2=O)ccc1OCc1cccc(C)c1. The quantitative estimate of drug-likeness (QED) is 0.473. The number of rotatable bonds is 7. The van der Waals surface area contributed by atoms with Crippen LogP contribution in [0.2, 0.25) is 0 Å². The summed E-state index contributed by atoms with van der Waals surface area (Å²) in [6, 6.07) is 12.5. The lowest BCUT2D eigenvalue weighted by Gasteiger charge is -2.35. The maximum Gasteiger partial charge on any atom is 0.331 e. The third kappa shape index (κ3) is 5.30. The molecule has 178 valence electrons. The average Bonchev–Trinajstić information content (AvgIpc) is 2.82. The number of amides is 4. The topological polar surface area (TPSA) is 84.9 Å². The summed E-state index contributed by atoms with van der Waals surface area (Å²) >= 11 is 0. The van der Waals surface area contributed by atoms with Crippen molar-refractivity contribution in [3.05, 3.63) is 64.7 Å². The molecule has 0 atom stereocenters. The number of carbonyl (C=O) groups excluding carboxylic acids is 3. The monoisotopic (exact) mass is 462 g/mol. The smallest absolute Gasteiger partial charge is 0.331 e. The molecule has 7 heteroatoms. The van der Waals surface area contributed by atoms with Crippen LogP contribution in [0.1, 0.15) is 55.7 Å². The fourth-order valence-electron chi connectivity index (χ4n) is 4.47. The second-order valence-corrected chi connectivity index (χ2v) is 8.70. The first kappa shape index (κ1) is 23.5. The van der Waals surface area contributed by atoms with Gasteiger partial charge < -0.3 is 9.47 Å². The molecule has 0 bridgehead atoms. The van der Waals surface area contributed by atoms with E-state index in [2.05, 4.69) is 11.4 Å². The summed E-state index contributed by atoms with van der Waals surface area (Å²) in [4.78, 5) is 39.3. The normalized spacial score (nSPS) is 18.2. The van der Waals surface area contributed by atoms with Crippen LogP contribution >= 0.6 is 0 Å². The van der Waals surface area contributed by atoms with Gasteiger partial charge in [-0.05, 0) is 56.0 Å². The van der Waals surface area contributed by atoms with E-state index in [1.807, 2.05) is 32.0 Å². The van der Waals surface area contributed by atoms with Crippen LogP contribution in [-0.2, 0) is 16.2 Å². The van der Waals surface area contributed by atoms with Crippen molar-refractivity contribution in [2.24, 2.45) is 0 Å². The predicted octanol–water partition coefficient (Wildman–Crippen LogP) is 4.77. The van der Waals surface area contributed by atoms with Crippen LogP contribution in [0.4, 0.5) is 4.79 Å². The fraction of sp³-hybridized carbons (Fsp3) is 0.370. The van der Waals surface area contributed by atoms with Crippen LogP contribution < -0.4 is 14.8 Å². The van der Waals surface area contributed by atoms with Crippen LogP contribution in [-0.4, -0.2) is 35.4 Å². The van der Waals surface area contributed by atoms with E-state index in [1.54, 1.807) is 18.2 Å². The molecule has 0 aromatic heterocycles. The summed E-state index contributed by atoms with van der Waals surface area (Å²) in [5, 5.41) is 2.32. The molecule has 0 unspecified atom stereocenters. The zero-order valence-electron chi connectivity index (χ0n) is 19.6. The van der Waals surface area contributed by atoms with E-state index in [4.69, 9.17) is 9.47 Å². The molecule has 2 aromatic rings. The first-order valence-corrected chi connectivity index (χ1v) is 11.8. The number of aryl methyl sites for hydroxylation is 1. The van der Waals surface area contributed by atoms with Crippen LogP contribution in [0.3, 0.4) is 0 Å². The number of nitrogens with one attached hydrogen (secondary N) is 1. The third-order valence-electron chi connectivity index (χ3n) is 6.13. The lowest BCUT2D eigenvalue weighted by molar-refractivity contribution is -0.132. The van der Waals surface area contributed by atoms with Gasteiger partial charge >= 0.3 is 6.03 Å². The summed E-state index contributed by atoms with van der Waals surface area (Å²) in [6.07, 6.45) is 6.07. The molecule has 1 saturated carbocycles. The number of urea groups is 1. The number of imide groups is 2. The Morgan fingerprint density at radius 3 is 2.53 bits per heavy atom. The zero-order chi connectivity index (χ0) is 24.1. The van der Waals surface area contributed by atoms with Crippen LogP contribution in [0.15, 0.2) is 48.0 Å². The summed E-state index contributed by atoms with van der Waals surface area (Å²) in [5.74, 6) is -0.129. The number of ether oxygens (including phenoxy) is 2. The van der Waals surface area contributed by atoms with Gasteiger partial charge in [0, 0.05) is 6.04 Å². The number of barbiturate groups is 1. The Morgan fingerprint density at radius 2 is 1.79 bits per heavy atom. The highest BCUT2D eigenvalue weighted by Gasteiger charge is 2.40. The van der Waals surface area contributed by atoms with Gasteiger partial charge in [-0.25, -0.2) is 4.79 Å². The first-order valence-electron chi connectivity index (χ1n) is 11.8. The molecule has 1 heterocycles. The Hall–Kier alpha value is -3.61. The van der Waals surface area contributed by atoms with Crippen molar-refractivity contribution >= 4 is 23.9 Å². The molecule has 1 aliphatic carbocycles. The number of carbonyl (C=O) groups is 3. The summed E-state index contributed by atoms with van der Waals surface area (Å²) in [5.41, 5.74) is 2.76. The van der Waals surface area contributed by atoms with Crippen molar-refractivity contribution in [3.63, 3.8) is 0 Å². The van der Waals surface area contributed by atoms with Crippen molar-refractivity contribution in [2.45, 2.75) is 58.6 Å². The molecule has 1 N–H and O–H groups in total. The minimum atomic E-state index is -0.681. The van der Waals surface area contributed by atoms with Crippen molar-refractivity contribution in [1.29, 1.82) is 0 Å². The molecule has 2 fully saturated rings. The lowest BCUT2D eigenvalue weighted by atomic mass is 9.93. The van der Waals surface area contributed by atoms with Gasteiger partial charge in [-0.3, -0.25) is 19.8 Å². The van der Waals surface area contributed by atoms with Crippen LogP contribution in [0.5, 0.6) is 11.5 Å². The number of benzene rings is 2. The molecule has 4 amide bonds. The van der Waals surface area contributed by atoms with Crippen molar-refractivity contribution in [2.75, 3.05) is 6.61 Å². The molecule has 1 saturated heterocycles. The van der Waals surface area contributed by atoms with Crippen molar-refractivity contribution in [1.82, 2.24) is 10.2 Å². The standard InChI is InChI=1S/C27H30N2O5/c1-3-33-24-16-19(12-13-23(24)34-17-20-9-7-8-18(2)14-20)15-22-25(30)28-27(32)29(26(22)31)21-10-5-4-6-11-21/h7-9,12-16,21H,3-6,10-11,17H2,1-2H3,(H,28,30,32). The molecule has 2 aromatic carbocycles. The van der Waals surface area contributed by atoms with E-state index in [0.29, 0.717) is 30.3 Å². The van der Waals surface area contributed by atoms with Crippen molar-refractivity contribution in [3.8, 4) is 11.5 Å². The van der Waals surface area contributed by atoms with Crippen LogP contribution in [0, 0.1) is 6.92 Å². The van der Waals surface area contributed by atoms with Gasteiger partial charge in [0.1, 0.15) is 12.2 Å². The van der Waals surface area contributed by atoms with Gasteiger partial charge in [0.2, 0.25) is 0 Å². The number of hydrogen-bond donors (Lipinski definition) is 1. The predicted molar refractivity (Wildman–Crippen MR) is 128 cm³/mol. The van der Waals surface area contributed by atoms with Gasteiger partial charge in [-0.15, -0.1) is 0 Å². The van der Waals surface area contributed by atoms with Crippen molar-refractivity contribution < 1.29 is 23.9 Å². The summed E-state index contributed by atoms with van der Waals surface area (Å²) in [7, 11) is 0. The molecule has 4 rings (SSSR count). The number of hydrogen-bond acceptors (Lipinski definition) is 5. The van der Waals surface area contributed by atoms with E-state index in [-0.39, 0.29) is 11.6 Å². The van der Waals surface area contributed by atoms with Crippen LogP contribution in [0.25, 0.3) is 6.08 Å². The molecule has 1 aliphatic heterocycles. The Kier molecular flexibility index (Phi) is 7.30. The fourth-order valence-corrected chi connectivity index (χ4v) is 4.47. The zero-order valence-corrected chi connectivity index (χ0v) is 19.6. The maximum atomic E-state index is 13.1. The van der Waals surface area contributed by atoms with Gasteiger partial charge in [0.05, 0.1) is 6.61 Å². The largest absolute Gasteiger partial charge is 0.490 e. The van der Waals surface area contributed by atoms with E-state index < -0.39 is 17.8 Å². The second kappa shape index (κ2) is 10.5. The Labute approximate surface area is 199 Å². The third-order valence-corrected chi connectivity index (χ3v) is 6.13. The van der Waals surface area contributed by atoms with Gasteiger partial charge in [0.15, 0.2) is 11.5 Å². The first-order chi connectivity index (χ1) is 16.5. The van der Waals surface area contributed by atoms with E-state index in [0.717, 1.165) is 43.2 Å². The van der Waals surface area contributed by atoms with E-state index >= 15 is 0 Å². The highest BCUT2D eigenvalue weighted by atomic mass is 16.5. The van der Waals surface area contributed by atoms with Gasteiger partial charge in [-0.2, -0.15) is 0 Å². The Bertz CT molecular complexity index is 1120. The molecule has 0 spiro atoms. The molecular weight excluding hydrogens is 432 g/mol. The van der Waals surface area contributed by atoms with E-state index in [1.165, 1.54) is 11.0 Å². The molecule has 0 radical (unpaired) electrons. The molecule has 34 heavy (non-hydrogen) atoms. The molecule has 2 aliphatic rings. The average molecular weight is 463 g/mol. The highest BCUT2D eigenvalue weighted by molar-refractivity contribution is 6.31. The minimum Gasteiger partial charge on any atom is -0.490 e.